The van der Waals surface area contributed by atoms with Crippen molar-refractivity contribution in [3.63, 3.8) is 0 Å². The van der Waals surface area contributed by atoms with Gasteiger partial charge in [-0.1, -0.05) is 18.2 Å². The minimum atomic E-state index is -0.158. The molecule has 2 aliphatic carbocycles. The lowest BCUT2D eigenvalue weighted by atomic mass is 9.85. The van der Waals surface area contributed by atoms with E-state index in [2.05, 4.69) is 31.2 Å². The molecule has 2 heterocycles. The van der Waals surface area contributed by atoms with Gasteiger partial charge >= 0.3 is 0 Å². The second-order valence-corrected chi connectivity index (χ2v) is 9.08. The first-order chi connectivity index (χ1) is 13.6. The Balaban J connectivity index is 1.33. The van der Waals surface area contributed by atoms with Crippen LogP contribution in [0.4, 0.5) is 5.69 Å². The van der Waals surface area contributed by atoms with Crippen molar-refractivity contribution < 1.29 is 9.59 Å². The number of anilines is 1. The molecule has 2 amide bonds. The molecule has 28 heavy (non-hydrogen) atoms. The molecule has 0 radical (unpaired) electrons. The fourth-order valence-corrected chi connectivity index (χ4v) is 6.13. The fourth-order valence-electron chi connectivity index (χ4n) is 5.07. The molecule has 2 aromatic carbocycles. The van der Waals surface area contributed by atoms with E-state index in [4.69, 9.17) is 4.98 Å². The van der Waals surface area contributed by atoms with Crippen LogP contribution in [0.1, 0.15) is 12.0 Å². The van der Waals surface area contributed by atoms with Gasteiger partial charge in [0.05, 0.1) is 27.7 Å². The SMILES string of the molecule is Cc1ccc2nc(-c3ccc(N4C(=O)[C@@H]5[C@H](C4=O)[C@@H]4C=C[C@H]5C4)cc3)sc2c1. The van der Waals surface area contributed by atoms with Crippen LogP contribution in [0.25, 0.3) is 20.8 Å². The largest absolute Gasteiger partial charge is 0.274 e. The highest BCUT2D eigenvalue weighted by Gasteiger charge is 2.59. The number of allylic oxidation sites excluding steroid dienone is 2. The quantitative estimate of drug-likeness (QED) is 0.478. The maximum absolute atomic E-state index is 13.0. The van der Waals surface area contributed by atoms with E-state index in [0.29, 0.717) is 5.69 Å². The van der Waals surface area contributed by atoms with Gasteiger partial charge in [0.25, 0.3) is 0 Å². The maximum Gasteiger partial charge on any atom is 0.238 e. The summed E-state index contributed by atoms with van der Waals surface area (Å²) in [5, 5.41) is 0.949. The number of imide groups is 1. The zero-order valence-corrected chi connectivity index (χ0v) is 16.1. The Morgan fingerprint density at radius 1 is 0.964 bits per heavy atom. The minimum Gasteiger partial charge on any atom is -0.274 e. The van der Waals surface area contributed by atoms with Crippen molar-refractivity contribution in [3.8, 4) is 10.6 Å². The van der Waals surface area contributed by atoms with Gasteiger partial charge in [-0.3, -0.25) is 14.5 Å². The Labute approximate surface area is 166 Å². The van der Waals surface area contributed by atoms with Gasteiger partial charge in [-0.15, -0.1) is 11.3 Å². The zero-order chi connectivity index (χ0) is 19.0. The van der Waals surface area contributed by atoms with Crippen molar-refractivity contribution in [2.45, 2.75) is 13.3 Å². The number of carbonyl (C=O) groups is 2. The third kappa shape index (κ3) is 2.14. The molecule has 3 aromatic rings. The third-order valence-corrected chi connectivity index (χ3v) is 7.45. The molecular weight excluding hydrogens is 368 g/mol. The summed E-state index contributed by atoms with van der Waals surface area (Å²) in [7, 11) is 0. The van der Waals surface area contributed by atoms with Crippen molar-refractivity contribution in [1.29, 1.82) is 0 Å². The summed E-state index contributed by atoms with van der Waals surface area (Å²) in [5.74, 6) is 0.0957. The van der Waals surface area contributed by atoms with Gasteiger partial charge in [-0.2, -0.15) is 0 Å². The van der Waals surface area contributed by atoms with Crippen molar-refractivity contribution in [2.75, 3.05) is 4.90 Å². The number of thiazole rings is 1. The molecule has 1 aliphatic heterocycles. The second kappa shape index (κ2) is 5.61. The van der Waals surface area contributed by atoms with Crippen LogP contribution in [0.15, 0.2) is 54.6 Å². The molecule has 2 fully saturated rings. The van der Waals surface area contributed by atoms with E-state index in [1.54, 1.807) is 11.3 Å². The topological polar surface area (TPSA) is 50.3 Å². The van der Waals surface area contributed by atoms with Crippen molar-refractivity contribution in [3.05, 3.63) is 60.2 Å². The van der Waals surface area contributed by atoms with Crippen molar-refractivity contribution in [2.24, 2.45) is 23.7 Å². The Morgan fingerprint density at radius 2 is 1.64 bits per heavy atom. The first-order valence-electron chi connectivity index (χ1n) is 9.64. The van der Waals surface area contributed by atoms with E-state index in [-0.39, 0.29) is 35.5 Å². The van der Waals surface area contributed by atoms with Crippen LogP contribution < -0.4 is 4.90 Å². The molecule has 138 valence electrons. The standard InChI is InChI=1S/C23H18N2O2S/c1-12-2-9-17-18(10-12)28-21(24-17)13-5-7-16(8-6-13)25-22(26)19-14-3-4-15(11-14)20(19)23(25)27/h2-10,14-15,19-20H,11H2,1H3/t14-,15+,19-,20+. The summed E-state index contributed by atoms with van der Waals surface area (Å²) in [6.07, 6.45) is 5.20. The Kier molecular flexibility index (Phi) is 3.24. The highest BCUT2D eigenvalue weighted by atomic mass is 32.1. The molecule has 2 bridgehead atoms. The number of hydrogen-bond donors (Lipinski definition) is 0. The average Bonchev–Trinajstić information content (AvgIpc) is 3.45. The normalized spacial score (nSPS) is 28.0. The van der Waals surface area contributed by atoms with E-state index in [9.17, 15) is 9.59 Å². The lowest BCUT2D eigenvalue weighted by molar-refractivity contribution is -0.123. The average molecular weight is 386 g/mol. The molecular formula is C23H18N2O2S. The van der Waals surface area contributed by atoms with Gasteiger partial charge in [-0.25, -0.2) is 4.98 Å². The first kappa shape index (κ1) is 16.2. The fraction of sp³-hybridized carbons (Fsp3) is 0.261. The number of fused-ring (bicyclic) bond motifs is 6. The molecule has 4 nitrogen and oxygen atoms in total. The predicted octanol–water partition coefficient (Wildman–Crippen LogP) is 4.58. The van der Waals surface area contributed by atoms with E-state index in [1.165, 1.54) is 15.2 Å². The highest BCUT2D eigenvalue weighted by Crippen LogP contribution is 2.53. The van der Waals surface area contributed by atoms with Gasteiger partial charge in [0.2, 0.25) is 11.8 Å². The van der Waals surface area contributed by atoms with Gasteiger partial charge in [-0.05, 0) is 67.1 Å². The van der Waals surface area contributed by atoms with E-state index < -0.39 is 0 Å². The van der Waals surface area contributed by atoms with Gasteiger partial charge in [0, 0.05) is 5.56 Å². The van der Waals surface area contributed by atoms with Crippen LogP contribution in [0.3, 0.4) is 0 Å². The number of aromatic nitrogens is 1. The number of nitrogens with zero attached hydrogens (tertiary/aromatic N) is 2. The molecule has 4 atom stereocenters. The molecule has 0 N–H and O–H groups in total. The molecule has 1 saturated carbocycles. The minimum absolute atomic E-state index is 0.0323. The Hall–Kier alpha value is -2.79. The van der Waals surface area contributed by atoms with Crippen molar-refractivity contribution >= 4 is 39.1 Å². The Bertz CT molecular complexity index is 1150. The molecule has 1 aromatic heterocycles. The molecule has 6 rings (SSSR count). The van der Waals surface area contributed by atoms with Gasteiger partial charge in [0.1, 0.15) is 5.01 Å². The number of carbonyl (C=O) groups excluding carboxylic acids is 2. The molecule has 3 aliphatic rings. The van der Waals surface area contributed by atoms with Crippen LogP contribution in [0.2, 0.25) is 0 Å². The van der Waals surface area contributed by atoms with E-state index in [1.807, 2.05) is 30.3 Å². The van der Waals surface area contributed by atoms with Crippen molar-refractivity contribution in [1.82, 2.24) is 4.98 Å². The summed E-state index contributed by atoms with van der Waals surface area (Å²) in [4.78, 5) is 32.0. The van der Waals surface area contributed by atoms with Crippen LogP contribution >= 0.6 is 11.3 Å². The molecule has 0 unspecified atom stereocenters. The number of amides is 2. The number of rotatable bonds is 2. The number of aryl methyl sites for hydroxylation is 1. The summed E-state index contributed by atoms with van der Waals surface area (Å²) in [5.41, 5.74) is 3.89. The second-order valence-electron chi connectivity index (χ2n) is 8.05. The van der Waals surface area contributed by atoms with Gasteiger partial charge in [0.15, 0.2) is 0 Å². The lowest BCUT2D eigenvalue weighted by Crippen LogP contribution is -2.32. The van der Waals surface area contributed by atoms with Crippen LogP contribution in [0.5, 0.6) is 0 Å². The number of benzene rings is 2. The lowest BCUT2D eigenvalue weighted by Gasteiger charge is -2.17. The van der Waals surface area contributed by atoms with Crippen LogP contribution in [-0.2, 0) is 9.59 Å². The molecule has 5 heteroatoms. The van der Waals surface area contributed by atoms with E-state index >= 15 is 0 Å². The smallest absolute Gasteiger partial charge is 0.238 e. The summed E-state index contributed by atoms with van der Waals surface area (Å²) < 4.78 is 1.17. The van der Waals surface area contributed by atoms with Gasteiger partial charge < -0.3 is 0 Å². The summed E-state index contributed by atoms with van der Waals surface area (Å²) >= 11 is 1.66. The maximum atomic E-state index is 13.0. The first-order valence-corrected chi connectivity index (χ1v) is 10.5. The Morgan fingerprint density at radius 3 is 2.32 bits per heavy atom. The monoisotopic (exact) mass is 386 g/mol. The zero-order valence-electron chi connectivity index (χ0n) is 15.3. The van der Waals surface area contributed by atoms with E-state index in [0.717, 1.165) is 22.5 Å². The third-order valence-electron chi connectivity index (χ3n) is 6.39. The summed E-state index contributed by atoms with van der Waals surface area (Å²) in [6, 6.07) is 13.9. The molecule has 1 saturated heterocycles. The molecule has 0 spiro atoms. The highest BCUT2D eigenvalue weighted by molar-refractivity contribution is 7.21. The predicted molar refractivity (Wildman–Crippen MR) is 110 cm³/mol. The number of hydrogen-bond acceptors (Lipinski definition) is 4. The van der Waals surface area contributed by atoms with Crippen LogP contribution in [0, 0.1) is 30.6 Å². The van der Waals surface area contributed by atoms with Crippen LogP contribution in [-0.4, -0.2) is 16.8 Å². The summed E-state index contributed by atoms with van der Waals surface area (Å²) in [6.45, 7) is 2.08.